The number of hydrogen-bond donors (Lipinski definition) is 1. The number of rotatable bonds is 3. The Hall–Kier alpha value is -3.07. The molecule has 1 saturated heterocycles. The molecule has 0 aliphatic carbocycles. The highest BCUT2D eigenvalue weighted by Gasteiger charge is 2.34. The maximum absolute atomic E-state index is 13.2. The fourth-order valence-electron chi connectivity index (χ4n) is 3.37. The van der Waals surface area contributed by atoms with Crippen LogP contribution in [0.15, 0.2) is 41.2 Å². The normalized spacial score (nSPS) is 17.4. The quantitative estimate of drug-likeness (QED) is 0.733. The first-order valence-corrected chi connectivity index (χ1v) is 10.00. The number of aryl methyl sites for hydroxylation is 1. The van der Waals surface area contributed by atoms with E-state index in [1.807, 2.05) is 25.1 Å². The van der Waals surface area contributed by atoms with Gasteiger partial charge in [0.05, 0.1) is 5.51 Å². The molecule has 1 atom stereocenters. The number of aromatic nitrogens is 4. The third-order valence-corrected chi connectivity index (χ3v) is 5.32. The lowest BCUT2D eigenvalue weighted by Crippen LogP contribution is -2.40. The number of aromatic amines is 1. The summed E-state index contributed by atoms with van der Waals surface area (Å²) in [6, 6.07) is 8.73. The molecule has 9 heteroatoms. The van der Waals surface area contributed by atoms with Crippen molar-refractivity contribution in [2.75, 3.05) is 19.6 Å². The number of benzene rings is 1. The molecule has 1 N–H and O–H groups in total. The standard InChI is InChI=1S/C19H20N6O2S/c1-13-21-17(23-22-13)16-10-24(19(27)15-11-28-12-20-15)8-5-9-25(16)18(26)14-6-3-2-4-7-14/h2-4,6-7,11-12,16H,5,8-10H2,1H3,(H,21,22,23). The van der Waals surface area contributed by atoms with Gasteiger partial charge in [0.1, 0.15) is 17.6 Å². The Morgan fingerprint density at radius 1 is 1.18 bits per heavy atom. The zero-order valence-corrected chi connectivity index (χ0v) is 16.2. The summed E-state index contributed by atoms with van der Waals surface area (Å²) in [6.07, 6.45) is 0.675. The second kappa shape index (κ2) is 7.89. The van der Waals surface area contributed by atoms with Crippen LogP contribution in [0.25, 0.3) is 0 Å². The number of nitrogens with one attached hydrogen (secondary N) is 1. The van der Waals surface area contributed by atoms with Crippen LogP contribution in [0, 0.1) is 6.92 Å². The van der Waals surface area contributed by atoms with Gasteiger partial charge in [0.25, 0.3) is 11.8 Å². The molecule has 1 aromatic carbocycles. The van der Waals surface area contributed by atoms with Crippen LogP contribution in [-0.2, 0) is 0 Å². The largest absolute Gasteiger partial charge is 0.335 e. The first-order valence-electron chi connectivity index (χ1n) is 9.06. The van der Waals surface area contributed by atoms with E-state index in [9.17, 15) is 9.59 Å². The number of nitrogens with zero attached hydrogens (tertiary/aromatic N) is 5. The fourth-order valence-corrected chi connectivity index (χ4v) is 3.90. The van der Waals surface area contributed by atoms with Crippen molar-refractivity contribution in [3.05, 3.63) is 64.1 Å². The van der Waals surface area contributed by atoms with E-state index < -0.39 is 6.04 Å². The van der Waals surface area contributed by atoms with E-state index in [2.05, 4.69) is 20.2 Å². The number of hydrogen-bond acceptors (Lipinski definition) is 6. The van der Waals surface area contributed by atoms with Crippen LogP contribution < -0.4 is 0 Å². The first-order chi connectivity index (χ1) is 13.6. The van der Waals surface area contributed by atoms with Gasteiger partial charge in [-0.15, -0.1) is 11.3 Å². The minimum atomic E-state index is -0.428. The fraction of sp³-hybridized carbons (Fsp3) is 0.316. The second-order valence-electron chi connectivity index (χ2n) is 6.64. The number of carbonyl (C=O) groups excluding carboxylic acids is 2. The summed E-state index contributed by atoms with van der Waals surface area (Å²) in [6.45, 7) is 3.21. The van der Waals surface area contributed by atoms with Crippen LogP contribution >= 0.6 is 11.3 Å². The Morgan fingerprint density at radius 2 is 2.00 bits per heavy atom. The van der Waals surface area contributed by atoms with Gasteiger partial charge in [0, 0.05) is 30.6 Å². The molecule has 2 amide bonds. The predicted molar refractivity (Wildman–Crippen MR) is 104 cm³/mol. The molecule has 1 aliphatic heterocycles. The number of H-pyrrole nitrogens is 1. The van der Waals surface area contributed by atoms with E-state index in [4.69, 9.17) is 0 Å². The third-order valence-electron chi connectivity index (χ3n) is 4.73. The SMILES string of the molecule is Cc1nc(C2CN(C(=O)c3cscn3)CCCN2C(=O)c2ccccc2)n[nH]1. The smallest absolute Gasteiger partial charge is 0.273 e. The average Bonchev–Trinajstić information content (AvgIpc) is 3.35. The minimum absolute atomic E-state index is 0.0870. The molecule has 2 aromatic heterocycles. The molecule has 1 unspecified atom stereocenters. The highest BCUT2D eigenvalue weighted by Crippen LogP contribution is 2.25. The molecule has 3 heterocycles. The van der Waals surface area contributed by atoms with Crippen LogP contribution in [0.3, 0.4) is 0 Å². The summed E-state index contributed by atoms with van der Waals surface area (Å²) in [4.78, 5) is 38.1. The van der Waals surface area contributed by atoms with Gasteiger partial charge in [-0.1, -0.05) is 18.2 Å². The molecule has 3 aromatic rings. The van der Waals surface area contributed by atoms with Gasteiger partial charge in [-0.3, -0.25) is 14.7 Å². The van der Waals surface area contributed by atoms with Crippen molar-refractivity contribution in [1.29, 1.82) is 0 Å². The lowest BCUT2D eigenvalue weighted by Gasteiger charge is -2.30. The Balaban J connectivity index is 1.66. The van der Waals surface area contributed by atoms with Gasteiger partial charge in [-0.25, -0.2) is 9.97 Å². The Labute approximate surface area is 166 Å². The zero-order valence-electron chi connectivity index (χ0n) is 15.4. The van der Waals surface area contributed by atoms with E-state index in [1.165, 1.54) is 11.3 Å². The Kier molecular flexibility index (Phi) is 5.16. The van der Waals surface area contributed by atoms with Crippen LogP contribution in [-0.4, -0.2) is 61.4 Å². The predicted octanol–water partition coefficient (Wildman–Crippen LogP) is 2.30. The maximum atomic E-state index is 13.2. The van der Waals surface area contributed by atoms with Gasteiger partial charge in [-0.2, -0.15) is 5.10 Å². The molecule has 144 valence electrons. The van der Waals surface area contributed by atoms with E-state index in [-0.39, 0.29) is 11.8 Å². The number of amides is 2. The van der Waals surface area contributed by atoms with Gasteiger partial charge in [0.15, 0.2) is 5.82 Å². The zero-order chi connectivity index (χ0) is 19.5. The summed E-state index contributed by atoms with van der Waals surface area (Å²) in [5.41, 5.74) is 2.68. The molecular formula is C19H20N6O2S. The van der Waals surface area contributed by atoms with Crippen LogP contribution in [0.5, 0.6) is 0 Å². The lowest BCUT2D eigenvalue weighted by molar-refractivity contribution is 0.0621. The molecular weight excluding hydrogens is 376 g/mol. The molecule has 1 fully saturated rings. The first kappa shape index (κ1) is 18.3. The topological polar surface area (TPSA) is 95.1 Å². The van der Waals surface area contributed by atoms with Crippen molar-refractivity contribution in [2.24, 2.45) is 0 Å². The summed E-state index contributed by atoms with van der Waals surface area (Å²) < 4.78 is 0. The Bertz CT molecular complexity index is 956. The van der Waals surface area contributed by atoms with E-state index in [0.717, 1.165) is 0 Å². The van der Waals surface area contributed by atoms with Crippen molar-refractivity contribution in [1.82, 2.24) is 30.0 Å². The summed E-state index contributed by atoms with van der Waals surface area (Å²) in [7, 11) is 0. The second-order valence-corrected chi connectivity index (χ2v) is 7.36. The average molecular weight is 396 g/mol. The van der Waals surface area contributed by atoms with E-state index in [0.29, 0.717) is 49.0 Å². The molecule has 0 saturated carbocycles. The summed E-state index contributed by atoms with van der Waals surface area (Å²) in [5, 5.41) is 8.87. The van der Waals surface area contributed by atoms with Crippen molar-refractivity contribution in [3.63, 3.8) is 0 Å². The minimum Gasteiger partial charge on any atom is -0.335 e. The molecule has 4 rings (SSSR count). The number of carbonyl (C=O) groups is 2. The molecule has 28 heavy (non-hydrogen) atoms. The highest BCUT2D eigenvalue weighted by molar-refractivity contribution is 7.07. The van der Waals surface area contributed by atoms with Crippen LogP contribution in [0.2, 0.25) is 0 Å². The molecule has 1 aliphatic rings. The van der Waals surface area contributed by atoms with Crippen molar-refractivity contribution >= 4 is 23.2 Å². The van der Waals surface area contributed by atoms with E-state index >= 15 is 0 Å². The summed E-state index contributed by atoms with van der Waals surface area (Å²) in [5.74, 6) is 0.965. The van der Waals surface area contributed by atoms with Gasteiger partial charge in [-0.05, 0) is 25.5 Å². The van der Waals surface area contributed by atoms with Crippen LogP contribution in [0.1, 0.15) is 45.0 Å². The monoisotopic (exact) mass is 396 g/mol. The summed E-state index contributed by atoms with van der Waals surface area (Å²) >= 11 is 1.39. The maximum Gasteiger partial charge on any atom is 0.273 e. The van der Waals surface area contributed by atoms with Crippen molar-refractivity contribution in [3.8, 4) is 0 Å². The van der Waals surface area contributed by atoms with Crippen molar-refractivity contribution in [2.45, 2.75) is 19.4 Å². The van der Waals surface area contributed by atoms with Crippen LogP contribution in [0.4, 0.5) is 0 Å². The molecule has 8 nitrogen and oxygen atoms in total. The molecule has 0 bridgehead atoms. The third kappa shape index (κ3) is 3.65. The van der Waals surface area contributed by atoms with Gasteiger partial charge in [0.2, 0.25) is 0 Å². The van der Waals surface area contributed by atoms with Crippen molar-refractivity contribution < 1.29 is 9.59 Å². The highest BCUT2D eigenvalue weighted by atomic mass is 32.1. The van der Waals surface area contributed by atoms with E-state index in [1.54, 1.807) is 32.8 Å². The number of thiazole rings is 1. The molecule has 0 spiro atoms. The Morgan fingerprint density at radius 3 is 2.68 bits per heavy atom. The van der Waals surface area contributed by atoms with Gasteiger partial charge >= 0.3 is 0 Å². The molecule has 0 radical (unpaired) electrons. The lowest BCUT2D eigenvalue weighted by atomic mass is 10.1. The van der Waals surface area contributed by atoms with Gasteiger partial charge < -0.3 is 9.80 Å².